The van der Waals surface area contributed by atoms with Gasteiger partial charge in [0.15, 0.2) is 17.4 Å². The molecule has 2 saturated heterocycles. The van der Waals surface area contributed by atoms with Gasteiger partial charge >= 0.3 is 0 Å². The van der Waals surface area contributed by atoms with Gasteiger partial charge in [-0.15, -0.1) is 0 Å². The summed E-state index contributed by atoms with van der Waals surface area (Å²) in [6.07, 6.45) is 9.78. The average Bonchev–Trinajstić information content (AvgIpc) is 2.31. The Morgan fingerprint density at radius 3 is 2.65 bits per heavy atom. The van der Waals surface area contributed by atoms with E-state index in [-0.39, 0.29) is 32.6 Å². The van der Waals surface area contributed by atoms with Crippen LogP contribution >= 0.6 is 0 Å². The lowest BCUT2D eigenvalue weighted by molar-refractivity contribution is -0.00886. The highest BCUT2D eigenvalue weighted by molar-refractivity contribution is 6.39. The first-order valence-corrected chi connectivity index (χ1v) is 8.75. The molecule has 17 heavy (non-hydrogen) atoms. The Morgan fingerprint density at radius 2 is 2.00 bits per heavy atom. The van der Waals surface area contributed by atoms with Crippen molar-refractivity contribution in [2.75, 3.05) is 13.2 Å². The van der Waals surface area contributed by atoms with Crippen molar-refractivity contribution in [3.63, 3.8) is 0 Å². The van der Waals surface area contributed by atoms with Crippen molar-refractivity contribution in [1.29, 1.82) is 0 Å². The van der Waals surface area contributed by atoms with Gasteiger partial charge in [0.25, 0.3) is 15.2 Å². The molecule has 4 heteroatoms. The Morgan fingerprint density at radius 1 is 1.18 bits per heavy atom. The molecule has 0 aromatic rings. The third kappa shape index (κ3) is 5.65. The minimum atomic E-state index is -0.0781. The van der Waals surface area contributed by atoms with E-state index in [9.17, 15) is 0 Å². The van der Waals surface area contributed by atoms with Gasteiger partial charge in [0.2, 0.25) is 0 Å². The van der Waals surface area contributed by atoms with E-state index in [0.29, 0.717) is 10.6 Å². The Labute approximate surface area is 123 Å². The van der Waals surface area contributed by atoms with Crippen molar-refractivity contribution in [1.82, 2.24) is 0 Å². The number of ether oxygens (including phenoxy) is 2. The van der Waals surface area contributed by atoms with Crippen LogP contribution in [-0.2, 0) is 9.47 Å². The molecule has 0 radical (unpaired) electrons. The molecule has 2 heterocycles. The van der Waals surface area contributed by atoms with E-state index >= 15 is 0 Å². The molecule has 2 unspecified atom stereocenters. The molecule has 0 N–H and O–H groups in total. The van der Waals surface area contributed by atoms with Gasteiger partial charge in [-0.25, -0.2) is 0 Å². The normalized spacial score (nSPS) is 33.8. The van der Waals surface area contributed by atoms with Crippen LogP contribution in [0.15, 0.2) is 0 Å². The number of hydrogen-bond acceptors (Lipinski definition) is 2. The van der Waals surface area contributed by atoms with Gasteiger partial charge in [-0.2, -0.15) is 0 Å². The fraction of sp³-hybridized carbons (Fsp3) is 1.00. The second-order valence-corrected chi connectivity index (χ2v) is 8.34. The molecule has 2 rings (SSSR count). The quantitative estimate of drug-likeness (QED) is 0.721. The standard InChI is InChI=1S/C7H13O.C6H11O.2Al.4H/c1-2-7-5-3-4-6-8-7;1-6-4-2-3-5-7-6;;;;;;/h7H,1-6H2;2-5H2,1H3;;;;;;. The lowest BCUT2D eigenvalue weighted by Gasteiger charge is -2.34. The van der Waals surface area contributed by atoms with Crippen molar-refractivity contribution in [2.24, 2.45) is 0 Å². The highest BCUT2D eigenvalue weighted by Gasteiger charge is 2.29. The van der Waals surface area contributed by atoms with Crippen molar-refractivity contribution in [2.45, 2.75) is 67.7 Å². The highest BCUT2D eigenvalue weighted by Crippen LogP contribution is 2.25. The van der Waals surface area contributed by atoms with Crippen LogP contribution in [0.3, 0.4) is 0 Å². The highest BCUT2D eigenvalue weighted by atomic mass is 27.1. The summed E-state index contributed by atoms with van der Waals surface area (Å²) in [6.45, 7) is 4.35. The van der Waals surface area contributed by atoms with E-state index in [4.69, 9.17) is 9.47 Å². The van der Waals surface area contributed by atoms with Crippen molar-refractivity contribution in [3.05, 3.63) is 0 Å². The Bertz CT molecular complexity index is 200. The molecule has 0 amide bonds. The fourth-order valence-electron chi connectivity index (χ4n) is 2.93. The van der Waals surface area contributed by atoms with Crippen LogP contribution in [0.5, 0.6) is 0 Å². The Balaban J connectivity index is 0.00000144. The van der Waals surface area contributed by atoms with Crippen LogP contribution in [-0.4, -0.2) is 56.4 Å². The van der Waals surface area contributed by atoms with E-state index in [2.05, 4.69) is 6.92 Å². The smallest absolute Gasteiger partial charge is 0.287 e. The third-order valence-electron chi connectivity index (χ3n) is 4.06. The van der Waals surface area contributed by atoms with Crippen LogP contribution in [0.4, 0.5) is 0 Å². The van der Waals surface area contributed by atoms with Gasteiger partial charge in [0.1, 0.15) is 0 Å². The van der Waals surface area contributed by atoms with Gasteiger partial charge in [-0.1, -0.05) is 5.28 Å². The molecule has 98 valence electrons. The maximum atomic E-state index is 5.98. The van der Waals surface area contributed by atoms with E-state index < -0.39 is 0 Å². The molecule has 2 nitrogen and oxygen atoms in total. The SMILES string of the molecule is C[C]1([AlH][CH2]CC2CCCCO2)CCCCO1.[AlH3]. The monoisotopic (exact) mass is 270 g/mol. The van der Waals surface area contributed by atoms with Gasteiger partial charge < -0.3 is 9.47 Å². The molecule has 0 aromatic carbocycles. The van der Waals surface area contributed by atoms with Gasteiger partial charge in [-0.05, 0) is 51.9 Å². The number of rotatable bonds is 4. The van der Waals surface area contributed by atoms with Gasteiger partial charge in [0.05, 0.1) is 6.10 Å². The van der Waals surface area contributed by atoms with Crippen LogP contribution in [0.2, 0.25) is 5.28 Å². The fourth-order valence-corrected chi connectivity index (χ4v) is 5.12. The molecule has 0 spiro atoms. The maximum absolute atomic E-state index is 5.98. The van der Waals surface area contributed by atoms with Gasteiger partial charge in [-0.3, -0.25) is 0 Å². The summed E-state index contributed by atoms with van der Waals surface area (Å²) in [4.78, 5) is 0. The first kappa shape index (κ1) is 16.0. The maximum Gasteiger partial charge on any atom is 0.287 e. The summed E-state index contributed by atoms with van der Waals surface area (Å²) in [5.41, 5.74) is 0. The molecule has 0 aliphatic carbocycles. The van der Waals surface area contributed by atoms with Crippen molar-refractivity contribution >= 4 is 32.6 Å². The summed E-state index contributed by atoms with van der Waals surface area (Å²) in [6, 6.07) is 0. The Kier molecular flexibility index (Phi) is 7.75. The van der Waals surface area contributed by atoms with E-state index in [1.807, 2.05) is 0 Å². The third-order valence-corrected chi connectivity index (χ3v) is 6.43. The van der Waals surface area contributed by atoms with Crippen LogP contribution in [0.1, 0.15) is 51.9 Å². The van der Waals surface area contributed by atoms with Crippen molar-refractivity contribution in [3.8, 4) is 0 Å². The summed E-state index contributed by atoms with van der Waals surface area (Å²) in [5.74, 6) is 0. The lowest BCUT2D eigenvalue weighted by Crippen LogP contribution is -2.39. The second-order valence-electron chi connectivity index (χ2n) is 5.64. The van der Waals surface area contributed by atoms with E-state index in [0.717, 1.165) is 13.2 Å². The molecule has 0 aromatic heterocycles. The summed E-state index contributed by atoms with van der Waals surface area (Å²) < 4.78 is 12.1. The number of hydrogen-bond donors (Lipinski definition) is 0. The van der Waals surface area contributed by atoms with Gasteiger partial charge in [0, 0.05) is 17.7 Å². The summed E-state index contributed by atoms with van der Waals surface area (Å²) >= 11 is -0.0781. The molecule has 2 fully saturated rings. The van der Waals surface area contributed by atoms with Crippen LogP contribution in [0.25, 0.3) is 0 Å². The minimum absolute atomic E-state index is 0. The summed E-state index contributed by atoms with van der Waals surface area (Å²) in [5, 5.41) is 1.40. The lowest BCUT2D eigenvalue weighted by atomic mass is 10.1. The predicted octanol–water partition coefficient (Wildman–Crippen LogP) is 1.53. The first-order valence-electron chi connectivity index (χ1n) is 7.04. The molecule has 0 bridgehead atoms. The largest absolute Gasteiger partial charge is 0.391 e. The molecule has 2 aliphatic heterocycles. The molecule has 0 saturated carbocycles. The van der Waals surface area contributed by atoms with Crippen molar-refractivity contribution < 1.29 is 9.47 Å². The predicted molar refractivity (Wildman–Crippen MR) is 78.3 cm³/mol. The average molecular weight is 270 g/mol. The molecule has 2 aliphatic rings. The topological polar surface area (TPSA) is 18.5 Å². The van der Waals surface area contributed by atoms with Crippen LogP contribution < -0.4 is 0 Å². The second kappa shape index (κ2) is 8.21. The van der Waals surface area contributed by atoms with Crippen LogP contribution in [0, 0.1) is 0 Å². The van der Waals surface area contributed by atoms with E-state index in [1.54, 1.807) is 0 Å². The Hall–Kier alpha value is 0.985. The summed E-state index contributed by atoms with van der Waals surface area (Å²) in [7, 11) is 0. The molecular formula is C13H28Al2O2. The minimum Gasteiger partial charge on any atom is -0.391 e. The zero-order valence-corrected chi connectivity index (χ0v) is 12.1. The van der Waals surface area contributed by atoms with E-state index in [1.165, 1.54) is 50.2 Å². The zero-order valence-electron chi connectivity index (χ0n) is 10.7. The molecule has 2 atom stereocenters. The zero-order chi connectivity index (χ0) is 11.3. The molecular weight excluding hydrogens is 242 g/mol. The first-order chi connectivity index (χ1) is 7.79.